The number of hydrogen-bond acceptors (Lipinski definition) is 3. The minimum Gasteiger partial charge on any atom is -0.481 e. The van der Waals surface area contributed by atoms with Crippen LogP contribution in [-0.4, -0.2) is 29.6 Å². The normalized spacial score (nSPS) is 12.8. The van der Waals surface area contributed by atoms with Crippen LogP contribution in [0.2, 0.25) is 0 Å². The van der Waals surface area contributed by atoms with Crippen LogP contribution in [0.1, 0.15) is 53.6 Å². The summed E-state index contributed by atoms with van der Waals surface area (Å²) in [4.78, 5) is 38.1. The molecule has 3 aromatic rings. The van der Waals surface area contributed by atoms with Crippen molar-refractivity contribution in [3.05, 3.63) is 100 Å². The van der Waals surface area contributed by atoms with E-state index in [1.807, 2.05) is 36.4 Å². The van der Waals surface area contributed by atoms with E-state index in [1.165, 1.54) is 24.0 Å². The smallest absolute Gasteiger partial charge is 0.326 e. The summed E-state index contributed by atoms with van der Waals surface area (Å²) in [5, 5.41) is 14.3. The van der Waals surface area contributed by atoms with Gasteiger partial charge in [0.2, 0.25) is 0 Å². The highest BCUT2D eigenvalue weighted by atomic mass is 79.9. The molecule has 3 aromatic carbocycles. The number of carbonyl (C=O) groups excluding carboxylic acids is 2. The molecular weight excluding hydrogens is 546 g/mol. The third-order valence-corrected chi connectivity index (χ3v) is 6.84. The Morgan fingerprint density at radius 2 is 1.71 bits per heavy atom. The Labute approximate surface area is 230 Å². The van der Waals surface area contributed by atoms with Crippen LogP contribution in [0, 0.1) is 0 Å². The first-order valence-corrected chi connectivity index (χ1v) is 13.4. The van der Waals surface area contributed by atoms with Crippen molar-refractivity contribution in [2.24, 2.45) is 0 Å². The first-order valence-electron chi connectivity index (χ1n) is 12.6. The lowest BCUT2D eigenvalue weighted by atomic mass is 9.93. The fourth-order valence-electron chi connectivity index (χ4n) is 4.32. The largest absolute Gasteiger partial charge is 0.481 e. The standard InChI is InChI=1S/C30H30BrN3O4/c31-25-7-4-8-26(19-25)33-30(38)34(27-15-13-23(14-16-27)22-5-2-1-3-6-22)20-21-9-11-24(12-10-21)29(37)32-18-17-28(35)36/h4-5,7-16,19H,1-3,6,17-18,20H2,(H,32,37)(H,33,38)(H,35,36). The van der Waals surface area contributed by atoms with Gasteiger partial charge in [0, 0.05) is 28.0 Å². The molecule has 0 atom stereocenters. The number of hydrogen-bond donors (Lipinski definition) is 3. The third kappa shape index (κ3) is 7.55. The highest BCUT2D eigenvalue weighted by Gasteiger charge is 2.18. The number of allylic oxidation sites excluding steroid dienone is 2. The molecule has 0 saturated heterocycles. The molecule has 0 unspecified atom stereocenters. The monoisotopic (exact) mass is 575 g/mol. The average Bonchev–Trinajstić information content (AvgIpc) is 2.92. The van der Waals surface area contributed by atoms with Crippen LogP contribution in [-0.2, 0) is 11.3 Å². The van der Waals surface area contributed by atoms with Crippen molar-refractivity contribution < 1.29 is 19.5 Å². The second-order valence-corrected chi connectivity index (χ2v) is 10.1. The summed E-state index contributed by atoms with van der Waals surface area (Å²) in [6.07, 6.45) is 6.77. The second kappa shape index (κ2) is 13.1. The maximum absolute atomic E-state index is 13.4. The van der Waals surface area contributed by atoms with E-state index in [4.69, 9.17) is 5.11 Å². The number of nitrogens with one attached hydrogen (secondary N) is 2. The topological polar surface area (TPSA) is 98.7 Å². The molecule has 4 rings (SSSR count). The van der Waals surface area contributed by atoms with Crippen LogP contribution in [0.25, 0.3) is 5.57 Å². The molecule has 0 radical (unpaired) electrons. The average molecular weight is 576 g/mol. The van der Waals surface area contributed by atoms with E-state index in [9.17, 15) is 14.4 Å². The minimum absolute atomic E-state index is 0.0619. The van der Waals surface area contributed by atoms with Crippen LogP contribution in [0.5, 0.6) is 0 Å². The van der Waals surface area contributed by atoms with Gasteiger partial charge in [-0.3, -0.25) is 14.5 Å². The van der Waals surface area contributed by atoms with Gasteiger partial charge in [-0.15, -0.1) is 0 Å². The zero-order valence-corrected chi connectivity index (χ0v) is 22.5. The summed E-state index contributed by atoms with van der Waals surface area (Å²) in [7, 11) is 0. The van der Waals surface area contributed by atoms with Crippen molar-refractivity contribution in [3.63, 3.8) is 0 Å². The van der Waals surface area contributed by atoms with Crippen LogP contribution in [0.3, 0.4) is 0 Å². The summed E-state index contributed by atoms with van der Waals surface area (Å²) in [5.74, 6) is -1.31. The molecule has 0 aromatic heterocycles. The Balaban J connectivity index is 1.52. The summed E-state index contributed by atoms with van der Waals surface area (Å²) < 4.78 is 0.865. The molecule has 0 fully saturated rings. The van der Waals surface area contributed by atoms with Gasteiger partial charge in [-0.2, -0.15) is 0 Å². The molecule has 3 amide bonds. The molecule has 3 N–H and O–H groups in total. The predicted octanol–water partition coefficient (Wildman–Crippen LogP) is 6.85. The number of carboxylic acids is 1. The summed E-state index contributed by atoms with van der Waals surface area (Å²) in [5.41, 5.74) is 5.23. The van der Waals surface area contributed by atoms with Crippen LogP contribution in [0.15, 0.2) is 83.3 Å². The maximum atomic E-state index is 13.4. The van der Waals surface area contributed by atoms with Crippen LogP contribution in [0.4, 0.5) is 16.2 Å². The number of amides is 3. The summed E-state index contributed by atoms with van der Waals surface area (Å²) in [6.45, 7) is 0.356. The lowest BCUT2D eigenvalue weighted by Crippen LogP contribution is -2.34. The van der Waals surface area contributed by atoms with Crippen molar-refractivity contribution in [1.29, 1.82) is 0 Å². The lowest BCUT2D eigenvalue weighted by molar-refractivity contribution is -0.136. The van der Waals surface area contributed by atoms with E-state index in [0.717, 1.165) is 28.6 Å². The fourth-order valence-corrected chi connectivity index (χ4v) is 4.72. The Morgan fingerprint density at radius 3 is 2.37 bits per heavy atom. The van der Waals surface area contributed by atoms with Gasteiger partial charge in [-0.05, 0) is 84.8 Å². The predicted molar refractivity (Wildman–Crippen MR) is 153 cm³/mol. The van der Waals surface area contributed by atoms with Gasteiger partial charge in [-0.1, -0.05) is 52.3 Å². The minimum atomic E-state index is -0.967. The highest BCUT2D eigenvalue weighted by molar-refractivity contribution is 9.10. The number of rotatable bonds is 9. The molecule has 0 bridgehead atoms. The molecule has 0 spiro atoms. The van der Waals surface area contributed by atoms with E-state index >= 15 is 0 Å². The van der Waals surface area contributed by atoms with Crippen molar-refractivity contribution in [3.8, 4) is 0 Å². The van der Waals surface area contributed by atoms with E-state index in [2.05, 4.69) is 44.8 Å². The van der Waals surface area contributed by atoms with Gasteiger partial charge in [0.1, 0.15) is 0 Å². The van der Waals surface area contributed by atoms with E-state index in [1.54, 1.807) is 29.2 Å². The zero-order chi connectivity index (χ0) is 26.9. The number of aliphatic carboxylic acids is 1. The molecule has 38 heavy (non-hydrogen) atoms. The molecular formula is C30H30BrN3O4. The Morgan fingerprint density at radius 1 is 0.947 bits per heavy atom. The summed E-state index contributed by atoms with van der Waals surface area (Å²) in [6, 6.07) is 22.2. The Kier molecular flexibility index (Phi) is 9.32. The molecule has 1 aliphatic rings. The Bertz CT molecular complexity index is 1320. The SMILES string of the molecule is O=C(O)CCNC(=O)c1ccc(CN(C(=O)Nc2cccc(Br)c2)c2ccc(C3=CCCCC3)cc2)cc1. The van der Waals surface area contributed by atoms with Gasteiger partial charge < -0.3 is 15.7 Å². The van der Waals surface area contributed by atoms with Gasteiger partial charge in [0.25, 0.3) is 5.91 Å². The Hall–Kier alpha value is -3.91. The second-order valence-electron chi connectivity index (χ2n) is 9.15. The van der Waals surface area contributed by atoms with E-state index in [-0.39, 0.29) is 24.9 Å². The van der Waals surface area contributed by atoms with Gasteiger partial charge in [-0.25, -0.2) is 4.79 Å². The molecule has 7 nitrogen and oxygen atoms in total. The molecule has 0 aliphatic heterocycles. The van der Waals surface area contributed by atoms with E-state index < -0.39 is 5.97 Å². The van der Waals surface area contributed by atoms with Crippen LogP contribution >= 0.6 is 15.9 Å². The quantitative estimate of drug-likeness (QED) is 0.260. The van der Waals surface area contributed by atoms with Gasteiger partial charge in [0.15, 0.2) is 0 Å². The number of nitrogens with zero attached hydrogens (tertiary/aromatic N) is 1. The van der Waals surface area contributed by atoms with Crippen LogP contribution < -0.4 is 15.5 Å². The molecule has 1 aliphatic carbocycles. The van der Waals surface area contributed by atoms with E-state index in [0.29, 0.717) is 17.8 Å². The van der Waals surface area contributed by atoms with Gasteiger partial charge >= 0.3 is 12.0 Å². The number of carbonyl (C=O) groups is 3. The number of benzene rings is 3. The lowest BCUT2D eigenvalue weighted by Gasteiger charge is -2.24. The maximum Gasteiger partial charge on any atom is 0.326 e. The number of urea groups is 1. The van der Waals surface area contributed by atoms with Gasteiger partial charge in [0.05, 0.1) is 13.0 Å². The van der Waals surface area contributed by atoms with Crippen molar-refractivity contribution >= 4 is 50.8 Å². The molecule has 0 saturated carbocycles. The molecule has 0 heterocycles. The van der Waals surface area contributed by atoms with Crippen molar-refractivity contribution in [2.75, 3.05) is 16.8 Å². The highest BCUT2D eigenvalue weighted by Crippen LogP contribution is 2.29. The first kappa shape index (κ1) is 27.1. The molecule has 196 valence electrons. The number of anilines is 2. The number of halogens is 1. The zero-order valence-electron chi connectivity index (χ0n) is 21.0. The van der Waals surface area contributed by atoms with Crippen molar-refractivity contribution in [2.45, 2.75) is 38.6 Å². The molecule has 8 heteroatoms. The summed E-state index contributed by atoms with van der Waals surface area (Å²) >= 11 is 3.44. The fraction of sp³-hybridized carbons (Fsp3) is 0.233. The first-order chi connectivity index (χ1) is 18.4. The number of carboxylic acid groups (broad SMARTS) is 1. The third-order valence-electron chi connectivity index (χ3n) is 6.34. The van der Waals surface area contributed by atoms with Crippen molar-refractivity contribution in [1.82, 2.24) is 5.32 Å².